The molecule has 31 heavy (non-hydrogen) atoms. The van der Waals surface area contributed by atoms with Gasteiger partial charge in [0.2, 0.25) is 0 Å². The van der Waals surface area contributed by atoms with Crippen molar-refractivity contribution in [2.75, 3.05) is 7.11 Å². The third kappa shape index (κ3) is 3.88. The summed E-state index contributed by atoms with van der Waals surface area (Å²) >= 11 is 0. The van der Waals surface area contributed by atoms with E-state index in [-0.39, 0.29) is 23.6 Å². The van der Waals surface area contributed by atoms with Gasteiger partial charge in [0.25, 0.3) is 11.7 Å². The second-order valence-electron chi connectivity index (χ2n) is 7.24. The Labute approximate surface area is 179 Å². The Balaban J connectivity index is 1.85. The van der Waals surface area contributed by atoms with Crippen LogP contribution < -0.4 is 4.74 Å². The van der Waals surface area contributed by atoms with Gasteiger partial charge in [0.05, 0.1) is 18.7 Å². The number of methoxy groups -OCH3 is 1. The smallest absolute Gasteiger partial charge is 0.295 e. The minimum Gasteiger partial charge on any atom is -0.508 e. The predicted octanol–water partition coefficient (Wildman–Crippen LogP) is 4.02. The van der Waals surface area contributed by atoms with Gasteiger partial charge >= 0.3 is 0 Å². The highest BCUT2D eigenvalue weighted by atomic mass is 16.5. The molecular weight excluding hydrogens is 394 g/mol. The van der Waals surface area contributed by atoms with Crippen molar-refractivity contribution in [2.45, 2.75) is 12.6 Å². The third-order valence-electron chi connectivity index (χ3n) is 5.29. The van der Waals surface area contributed by atoms with Crippen LogP contribution >= 0.6 is 0 Å². The standard InChI is InChI=1S/C25H21NO5/c1-31-20-12-10-17(11-13-20)23(28)21-22(18-8-5-9-19(27)14-18)26(25(30)24(21)29)15-16-6-3-2-4-7-16/h2-14,22,27-28H,15H2,1H3/b23-21+. The molecule has 4 rings (SSSR count). The molecule has 156 valence electrons. The first-order valence-electron chi connectivity index (χ1n) is 9.75. The summed E-state index contributed by atoms with van der Waals surface area (Å²) in [5.74, 6) is -1.13. The Morgan fingerprint density at radius 1 is 0.968 bits per heavy atom. The molecule has 1 aliphatic heterocycles. The van der Waals surface area contributed by atoms with Crippen LogP contribution in [0.4, 0.5) is 0 Å². The van der Waals surface area contributed by atoms with Gasteiger partial charge in [0.15, 0.2) is 0 Å². The van der Waals surface area contributed by atoms with Crippen LogP contribution in [0.15, 0.2) is 84.4 Å². The molecule has 0 saturated carbocycles. The van der Waals surface area contributed by atoms with Crippen molar-refractivity contribution in [1.29, 1.82) is 0 Å². The Bertz CT molecular complexity index is 1150. The summed E-state index contributed by atoms with van der Waals surface area (Å²) < 4.78 is 5.14. The van der Waals surface area contributed by atoms with Gasteiger partial charge in [-0.15, -0.1) is 0 Å². The third-order valence-corrected chi connectivity index (χ3v) is 5.29. The fraction of sp³-hybridized carbons (Fsp3) is 0.120. The second-order valence-corrected chi connectivity index (χ2v) is 7.24. The SMILES string of the molecule is COc1ccc(/C(O)=C2\C(=O)C(=O)N(Cc3ccccc3)C2c2cccc(O)c2)cc1. The number of amides is 1. The quantitative estimate of drug-likeness (QED) is 0.373. The minimum absolute atomic E-state index is 0.00671. The van der Waals surface area contributed by atoms with Crippen LogP contribution in [0, 0.1) is 0 Å². The van der Waals surface area contributed by atoms with Crippen LogP contribution in [0.5, 0.6) is 11.5 Å². The Hall–Kier alpha value is -4.06. The first-order valence-corrected chi connectivity index (χ1v) is 9.75. The average molecular weight is 415 g/mol. The summed E-state index contributed by atoms with van der Waals surface area (Å²) in [6.45, 7) is 0.186. The molecule has 1 unspecified atom stereocenters. The summed E-state index contributed by atoms with van der Waals surface area (Å²) in [5, 5.41) is 21.0. The normalized spacial score (nSPS) is 17.7. The summed E-state index contributed by atoms with van der Waals surface area (Å²) in [5.41, 5.74) is 1.75. The maximum atomic E-state index is 13.0. The minimum atomic E-state index is -0.839. The summed E-state index contributed by atoms with van der Waals surface area (Å²) in [6.07, 6.45) is 0. The number of carbonyl (C=O) groups excluding carboxylic acids is 2. The molecule has 6 nitrogen and oxygen atoms in total. The number of aliphatic hydroxyl groups excluding tert-OH is 1. The number of hydrogen-bond acceptors (Lipinski definition) is 5. The molecule has 0 aromatic heterocycles. The Morgan fingerprint density at radius 3 is 2.32 bits per heavy atom. The summed E-state index contributed by atoms with van der Waals surface area (Å²) in [7, 11) is 1.53. The number of benzene rings is 3. The molecule has 0 bridgehead atoms. The number of likely N-dealkylation sites (tertiary alicyclic amines) is 1. The van der Waals surface area contributed by atoms with Gasteiger partial charge in [-0.05, 0) is 47.5 Å². The molecule has 1 amide bonds. The molecule has 6 heteroatoms. The van der Waals surface area contributed by atoms with E-state index in [9.17, 15) is 19.8 Å². The van der Waals surface area contributed by atoms with Gasteiger partial charge in [-0.1, -0.05) is 42.5 Å². The highest BCUT2D eigenvalue weighted by molar-refractivity contribution is 6.46. The van der Waals surface area contributed by atoms with Crippen LogP contribution in [0.3, 0.4) is 0 Å². The monoisotopic (exact) mass is 415 g/mol. The van der Waals surface area contributed by atoms with E-state index >= 15 is 0 Å². The Kier molecular flexibility index (Phi) is 5.45. The van der Waals surface area contributed by atoms with E-state index in [4.69, 9.17) is 4.74 Å². The molecule has 3 aromatic carbocycles. The number of nitrogens with zero attached hydrogens (tertiary/aromatic N) is 1. The maximum absolute atomic E-state index is 13.0. The number of rotatable bonds is 5. The van der Waals surface area contributed by atoms with Crippen molar-refractivity contribution in [3.05, 3.63) is 101 Å². The Morgan fingerprint density at radius 2 is 1.68 bits per heavy atom. The second kappa shape index (κ2) is 8.36. The van der Waals surface area contributed by atoms with E-state index < -0.39 is 17.7 Å². The highest BCUT2D eigenvalue weighted by Crippen LogP contribution is 2.41. The molecular formula is C25H21NO5. The van der Waals surface area contributed by atoms with Crippen LogP contribution in [-0.2, 0) is 16.1 Å². The van der Waals surface area contributed by atoms with Crippen molar-refractivity contribution in [1.82, 2.24) is 4.90 Å². The van der Waals surface area contributed by atoms with Crippen LogP contribution in [0.1, 0.15) is 22.7 Å². The number of phenolic OH excluding ortho intramolecular Hbond substituents is 1. The number of Topliss-reactive ketones (excluding diaryl/α,β-unsaturated/α-hetero) is 1. The van der Waals surface area contributed by atoms with E-state index in [1.54, 1.807) is 36.4 Å². The van der Waals surface area contributed by atoms with Crippen molar-refractivity contribution < 1.29 is 24.5 Å². The number of ketones is 1. The lowest BCUT2D eigenvalue weighted by Crippen LogP contribution is -2.29. The summed E-state index contributed by atoms with van der Waals surface area (Å²) in [4.78, 5) is 27.4. The van der Waals surface area contributed by atoms with Crippen molar-refractivity contribution in [3.8, 4) is 11.5 Å². The average Bonchev–Trinajstić information content (AvgIpc) is 3.04. The number of hydrogen-bond donors (Lipinski definition) is 2. The lowest BCUT2D eigenvalue weighted by atomic mass is 9.95. The molecule has 1 saturated heterocycles. The van der Waals surface area contributed by atoms with E-state index in [1.165, 1.54) is 24.1 Å². The van der Waals surface area contributed by atoms with Gasteiger partial charge in [0, 0.05) is 12.1 Å². The topological polar surface area (TPSA) is 87.1 Å². The first-order chi connectivity index (χ1) is 15.0. The number of aromatic hydroxyl groups is 1. The van der Waals surface area contributed by atoms with Crippen LogP contribution in [0.2, 0.25) is 0 Å². The first kappa shape index (κ1) is 20.2. The van der Waals surface area contributed by atoms with Crippen molar-refractivity contribution >= 4 is 17.4 Å². The molecule has 1 aliphatic rings. The number of aliphatic hydroxyl groups is 1. The van der Waals surface area contributed by atoms with Crippen LogP contribution in [-0.4, -0.2) is 33.9 Å². The van der Waals surface area contributed by atoms with Gasteiger partial charge in [-0.3, -0.25) is 9.59 Å². The number of phenols is 1. The largest absolute Gasteiger partial charge is 0.508 e. The fourth-order valence-corrected chi connectivity index (χ4v) is 3.77. The lowest BCUT2D eigenvalue weighted by molar-refractivity contribution is -0.140. The zero-order chi connectivity index (χ0) is 22.0. The predicted molar refractivity (Wildman–Crippen MR) is 115 cm³/mol. The maximum Gasteiger partial charge on any atom is 0.295 e. The highest BCUT2D eigenvalue weighted by Gasteiger charge is 2.46. The summed E-state index contributed by atoms with van der Waals surface area (Å²) in [6, 6.07) is 21.4. The molecule has 1 fully saturated rings. The van der Waals surface area contributed by atoms with Crippen molar-refractivity contribution in [2.24, 2.45) is 0 Å². The zero-order valence-electron chi connectivity index (χ0n) is 16.9. The van der Waals surface area contributed by atoms with Crippen molar-refractivity contribution in [3.63, 3.8) is 0 Å². The molecule has 3 aromatic rings. The molecule has 0 spiro atoms. The van der Waals surface area contributed by atoms with Gasteiger partial charge < -0.3 is 19.8 Å². The molecule has 0 radical (unpaired) electrons. The van der Waals surface area contributed by atoms with E-state index in [0.29, 0.717) is 16.9 Å². The number of carbonyl (C=O) groups is 2. The molecule has 1 heterocycles. The van der Waals surface area contributed by atoms with Gasteiger partial charge in [0.1, 0.15) is 17.3 Å². The fourth-order valence-electron chi connectivity index (χ4n) is 3.77. The van der Waals surface area contributed by atoms with E-state index in [0.717, 1.165) is 5.56 Å². The van der Waals surface area contributed by atoms with Gasteiger partial charge in [-0.25, -0.2) is 0 Å². The van der Waals surface area contributed by atoms with Gasteiger partial charge in [-0.2, -0.15) is 0 Å². The lowest BCUT2D eigenvalue weighted by Gasteiger charge is -2.25. The van der Waals surface area contributed by atoms with E-state index in [2.05, 4.69) is 0 Å². The molecule has 0 aliphatic carbocycles. The number of ether oxygens (including phenoxy) is 1. The van der Waals surface area contributed by atoms with Crippen LogP contribution in [0.25, 0.3) is 5.76 Å². The molecule has 1 atom stereocenters. The molecule has 2 N–H and O–H groups in total. The van der Waals surface area contributed by atoms with E-state index in [1.807, 2.05) is 30.3 Å². The zero-order valence-corrected chi connectivity index (χ0v) is 16.9.